The molecule has 4 fully saturated rings. The van der Waals surface area contributed by atoms with E-state index in [1.807, 2.05) is 79.1 Å². The Morgan fingerprint density at radius 2 is 0.932 bits per heavy atom. The SMILES string of the molecule is CN(Cc1c[nH]c(Br)c1)C(=O)OC(C)(C)C.CN(Cc1cc(Br)n(S(=O)(=O)c2cccc(OC3CCCCO3)c2)c1)C(=O)OC(C)(C)C.CN(Cc1cc(C2=CCCCC2)n(S(=O)(=O)c2cccc(OC3CCCCO3)c2)c1)C(=O)OC(C)(C)C.CNCc1cc(C2=CCCCC2)n(S(=O)(=O)C2=CC=CC(OCC(=O)CC3CC3)C2)c1.O=S(=O)(Cl)c1cccc(OC2CCCCO2)c1. The van der Waals surface area contributed by atoms with Crippen molar-refractivity contribution in [1.29, 1.82) is 0 Å². The maximum absolute atomic E-state index is 13.9. The number of allylic oxidation sites excluding steroid dienone is 6. The van der Waals surface area contributed by atoms with Crippen LogP contribution < -0.4 is 19.5 Å². The molecule has 37 heteroatoms. The number of carbonyl (C=O) groups is 4. The number of nitrogens with one attached hydrogen (secondary N) is 2. The second kappa shape index (κ2) is 48.5. The molecule has 730 valence electrons. The molecule has 2 N–H and O–H groups in total. The van der Waals surface area contributed by atoms with Crippen LogP contribution in [0.2, 0.25) is 0 Å². The first kappa shape index (κ1) is 107. The zero-order valence-corrected chi connectivity index (χ0v) is 85.5. The fourth-order valence-electron chi connectivity index (χ4n) is 14.8. The number of rotatable bonds is 28. The van der Waals surface area contributed by atoms with Gasteiger partial charge < -0.3 is 72.4 Å². The van der Waals surface area contributed by atoms with Crippen LogP contribution in [0.25, 0.3) is 11.1 Å². The van der Waals surface area contributed by atoms with Crippen LogP contribution in [0.4, 0.5) is 14.4 Å². The van der Waals surface area contributed by atoms with Crippen molar-refractivity contribution in [3.8, 4) is 17.2 Å². The smallest absolute Gasteiger partial charge is 0.410 e. The zero-order valence-electron chi connectivity index (χ0n) is 78.3. The van der Waals surface area contributed by atoms with E-state index in [4.69, 9.17) is 58.1 Å². The molecule has 0 bridgehead atoms. The van der Waals surface area contributed by atoms with Gasteiger partial charge in [-0.25, -0.2) is 60.0 Å². The fourth-order valence-corrected chi connectivity index (χ4v) is 21.3. The lowest BCUT2D eigenvalue weighted by atomic mass is 9.97. The van der Waals surface area contributed by atoms with Gasteiger partial charge in [0.05, 0.1) is 81.1 Å². The topological polar surface area (TPSA) is 349 Å². The first-order valence-corrected chi connectivity index (χ1v) is 53.4. The molecule has 4 aromatic heterocycles. The molecule has 14 rings (SSSR count). The van der Waals surface area contributed by atoms with Gasteiger partial charge in [0, 0.05) is 113 Å². The lowest BCUT2D eigenvalue weighted by Gasteiger charge is -2.24. The Kier molecular flexibility index (Phi) is 38.8. The highest BCUT2D eigenvalue weighted by atomic mass is 79.9. The normalized spacial score (nSPS) is 18.4. The summed E-state index contributed by atoms with van der Waals surface area (Å²) in [5, 5.41) is 3.11. The number of ether oxygens (including phenoxy) is 10. The number of carbonyl (C=O) groups excluding carboxylic acids is 4. The van der Waals surface area contributed by atoms with Crippen molar-refractivity contribution in [3.63, 3.8) is 0 Å². The molecule has 4 aliphatic carbocycles. The maximum Gasteiger partial charge on any atom is 0.410 e. The molecule has 4 atom stereocenters. The van der Waals surface area contributed by atoms with Crippen molar-refractivity contribution in [3.05, 3.63) is 200 Å². The van der Waals surface area contributed by atoms with Crippen LogP contribution in [0.15, 0.2) is 181 Å². The maximum atomic E-state index is 13.9. The molecule has 3 amide bonds. The molecular weight excluding hydrogens is 1940 g/mol. The summed E-state index contributed by atoms with van der Waals surface area (Å²) in [5.41, 5.74) is 5.13. The van der Waals surface area contributed by atoms with Crippen molar-refractivity contribution < 1.29 is 100 Å². The van der Waals surface area contributed by atoms with Gasteiger partial charge in [0.25, 0.3) is 39.1 Å². The highest BCUT2D eigenvalue weighted by Crippen LogP contribution is 2.38. The fraction of sp³-hybridized carbons (Fsp3) is 0.521. The minimum absolute atomic E-state index is 0.0347. The number of amides is 3. The summed E-state index contributed by atoms with van der Waals surface area (Å²) in [4.78, 5) is 56.4. The minimum atomic E-state index is -3.93. The molecule has 30 nitrogen and oxygen atoms in total. The number of H-pyrrole nitrogens is 1. The van der Waals surface area contributed by atoms with E-state index in [0.29, 0.717) is 88.8 Å². The van der Waals surface area contributed by atoms with Crippen LogP contribution in [0.3, 0.4) is 0 Å². The number of hydrogen-bond donors (Lipinski definition) is 2. The van der Waals surface area contributed by atoms with Crippen molar-refractivity contribution in [2.75, 3.05) is 54.6 Å². The van der Waals surface area contributed by atoms with Crippen LogP contribution in [0.1, 0.15) is 231 Å². The first-order valence-electron chi connectivity index (χ1n) is 45.1. The molecule has 7 heterocycles. The number of Topliss-reactive ketones (excluding diaryl/α,β-unsaturated/α-hetero) is 1. The largest absolute Gasteiger partial charge is 0.465 e. The summed E-state index contributed by atoms with van der Waals surface area (Å²) in [5.74, 6) is 1.98. The molecule has 133 heavy (non-hydrogen) atoms. The number of ketones is 1. The van der Waals surface area contributed by atoms with E-state index in [-0.39, 0.29) is 71.6 Å². The molecule has 3 saturated heterocycles. The van der Waals surface area contributed by atoms with Crippen LogP contribution in [0, 0.1) is 5.92 Å². The zero-order chi connectivity index (χ0) is 96.6. The number of hydrogen-bond acceptors (Lipinski definition) is 23. The molecule has 3 aromatic carbocycles. The standard InChI is InChI=1S/C28H38N2O6S.C24H32N2O4S.C22H29BrN2O6S.C11H17BrN2O2.C11H13ClO4S/c1-28(2,3)36-27(31)29(4)19-21-17-25(22-11-6-5-7-12-22)30(20-21)37(32,33)24-14-10-13-23(18-24)35-26-15-8-9-16-34-26;1-25-15-19-13-24(20-6-3-2-4-7-20)26(16-19)31(28,29)23-9-5-8-22(14-23)30-17-21(27)12-18-10-11-18;1-22(2,3)31-21(26)24(4)14-16-12-19(23)25(15-16)32(27,28)18-9-7-8-17(13-18)30-20-10-5-6-11-29-20;1-11(2,3)16-10(15)14(4)7-8-5-9(12)13-6-8;12-17(13,14)10-5-3-4-9(8-10)16-11-6-1-2-7-15-11/h10-11,13-14,17-18,20,26H,5-9,12,15-16,19H2,1-4H3;5-6,8-9,13,16,18,22,25H,2-4,7,10-12,14-15,17H2,1H3;7-9,12-13,15,20H,5-6,10-11,14H2,1-4H3;5-6,13H,7H2,1-4H3;3-5,8,11H,1-2,6-7H2. The third-order valence-electron chi connectivity index (χ3n) is 21.5. The van der Waals surface area contributed by atoms with Gasteiger partial charge in [-0.3, -0.25) is 4.79 Å². The van der Waals surface area contributed by atoms with Gasteiger partial charge >= 0.3 is 18.3 Å². The molecular formula is C96H129Br2ClN8O22S4. The Morgan fingerprint density at radius 3 is 1.35 bits per heavy atom. The van der Waals surface area contributed by atoms with Crippen LogP contribution in [0.5, 0.6) is 17.2 Å². The molecule has 0 spiro atoms. The monoisotopic (exact) mass is 2070 g/mol. The van der Waals surface area contributed by atoms with E-state index in [2.05, 4.69) is 54.3 Å². The number of aromatic amines is 1. The van der Waals surface area contributed by atoms with E-state index in [1.54, 1.807) is 126 Å². The quantitative estimate of drug-likeness (QED) is 0.0340. The van der Waals surface area contributed by atoms with Gasteiger partial charge in [-0.2, -0.15) is 0 Å². The van der Waals surface area contributed by atoms with Gasteiger partial charge in [0.1, 0.15) is 45.3 Å². The predicted molar refractivity (Wildman–Crippen MR) is 517 cm³/mol. The molecule has 7 aliphatic rings. The first-order chi connectivity index (χ1) is 62.8. The number of nitrogens with zero attached hydrogens (tertiary/aromatic N) is 6. The second-order valence-electron chi connectivity index (χ2n) is 36.7. The lowest BCUT2D eigenvalue weighted by molar-refractivity contribution is -0.125. The van der Waals surface area contributed by atoms with Crippen LogP contribution in [-0.4, -0.2) is 186 Å². The van der Waals surface area contributed by atoms with Crippen molar-refractivity contribution in [2.24, 2.45) is 5.92 Å². The molecule has 3 aliphatic heterocycles. The Bertz CT molecular complexity index is 5700. The highest BCUT2D eigenvalue weighted by Gasteiger charge is 2.34. The van der Waals surface area contributed by atoms with E-state index in [1.165, 1.54) is 48.2 Å². The lowest BCUT2D eigenvalue weighted by Crippen LogP contribution is -2.33. The third kappa shape index (κ3) is 33.7. The van der Waals surface area contributed by atoms with Gasteiger partial charge in [-0.15, -0.1) is 0 Å². The average Bonchev–Trinajstić information content (AvgIpc) is 1.64. The van der Waals surface area contributed by atoms with Crippen LogP contribution in [-0.2, 0) is 103 Å². The van der Waals surface area contributed by atoms with E-state index in [9.17, 15) is 52.8 Å². The third-order valence-corrected chi connectivity index (χ3v) is 29.3. The number of benzene rings is 3. The minimum Gasteiger partial charge on any atom is -0.465 e. The number of aromatic nitrogens is 4. The van der Waals surface area contributed by atoms with Gasteiger partial charge in [-0.05, 0) is 310 Å². The predicted octanol–water partition coefficient (Wildman–Crippen LogP) is 20.3. The van der Waals surface area contributed by atoms with E-state index < -0.39 is 74.2 Å². The molecule has 1 saturated carbocycles. The van der Waals surface area contributed by atoms with E-state index in [0.717, 1.165) is 159 Å². The summed E-state index contributed by atoms with van der Waals surface area (Å²) in [7, 11) is -3.18. The van der Waals surface area contributed by atoms with Crippen molar-refractivity contribution >= 4 is 117 Å². The summed E-state index contributed by atoms with van der Waals surface area (Å²) >= 11 is 6.64. The van der Waals surface area contributed by atoms with E-state index >= 15 is 0 Å². The second-order valence-corrected chi connectivity index (χ2v) is 46.5. The Morgan fingerprint density at radius 1 is 0.511 bits per heavy atom. The van der Waals surface area contributed by atoms with Crippen molar-refractivity contribution in [1.82, 2.24) is 36.9 Å². The highest BCUT2D eigenvalue weighted by molar-refractivity contribution is 9.10. The van der Waals surface area contributed by atoms with Crippen molar-refractivity contribution in [2.45, 2.75) is 280 Å². The van der Waals surface area contributed by atoms with Gasteiger partial charge in [0.15, 0.2) is 24.7 Å². The molecule has 0 radical (unpaired) electrons. The molecule has 7 aromatic rings. The number of halogens is 3. The van der Waals surface area contributed by atoms with Gasteiger partial charge in [0.2, 0.25) is 0 Å². The summed E-state index contributed by atoms with van der Waals surface area (Å²) in [6, 6.07) is 26.5. The Balaban J connectivity index is 0.000000178. The Labute approximate surface area is 805 Å². The average molecular weight is 2070 g/mol. The summed E-state index contributed by atoms with van der Waals surface area (Å²) in [6.45, 7) is 19.9. The van der Waals surface area contributed by atoms with Crippen LogP contribution >= 0.6 is 42.5 Å². The summed E-state index contributed by atoms with van der Waals surface area (Å²) in [6.07, 6.45) is 33.0. The Hall–Kier alpha value is -8.53. The molecule has 4 unspecified atom stereocenters. The van der Waals surface area contributed by atoms with Gasteiger partial charge in [-0.1, -0.05) is 42.5 Å². The summed E-state index contributed by atoms with van der Waals surface area (Å²) < 4.78 is 165.